The largest absolute Gasteiger partial charge is 0.493 e. The minimum Gasteiger partial charge on any atom is -0.493 e. The number of methoxy groups -OCH3 is 2. The van der Waals surface area contributed by atoms with Crippen LogP contribution in [0.1, 0.15) is 57.4 Å². The Bertz CT molecular complexity index is 920. The van der Waals surface area contributed by atoms with E-state index in [0.717, 1.165) is 57.2 Å². The van der Waals surface area contributed by atoms with E-state index >= 15 is 0 Å². The predicted octanol–water partition coefficient (Wildman–Crippen LogP) is 2.94. The van der Waals surface area contributed by atoms with E-state index in [4.69, 9.17) is 14.2 Å². The molecule has 2 aliphatic heterocycles. The summed E-state index contributed by atoms with van der Waals surface area (Å²) in [6, 6.07) is 5.63. The molecule has 2 bridgehead atoms. The maximum Gasteiger partial charge on any atom is 0.306 e. The second-order valence-corrected chi connectivity index (χ2v) is 11.0. The Morgan fingerprint density at radius 3 is 2.68 bits per heavy atom. The molecule has 0 aromatic heterocycles. The fourth-order valence-electron chi connectivity index (χ4n) is 8.01. The van der Waals surface area contributed by atoms with Crippen molar-refractivity contribution in [1.82, 2.24) is 4.90 Å². The average Bonchev–Trinajstić information content (AvgIpc) is 2.83. The van der Waals surface area contributed by atoms with E-state index in [1.165, 1.54) is 0 Å². The molecule has 2 aliphatic carbocycles. The lowest BCUT2D eigenvalue weighted by atomic mass is 9.45. The summed E-state index contributed by atoms with van der Waals surface area (Å²) >= 11 is 0. The Balaban J connectivity index is 1.34. The van der Waals surface area contributed by atoms with Gasteiger partial charge < -0.3 is 24.4 Å². The number of benzene rings is 1. The highest BCUT2D eigenvalue weighted by molar-refractivity contribution is 5.70. The third-order valence-corrected chi connectivity index (χ3v) is 9.26. The molecule has 0 radical (unpaired) electrons. The molecule has 188 valence electrons. The number of esters is 1. The van der Waals surface area contributed by atoms with Gasteiger partial charge in [0.25, 0.3) is 0 Å². The highest BCUT2D eigenvalue weighted by atomic mass is 16.6. The molecule has 2 saturated carbocycles. The second-order valence-electron chi connectivity index (χ2n) is 11.0. The van der Waals surface area contributed by atoms with Crippen molar-refractivity contribution in [3.05, 3.63) is 23.8 Å². The fraction of sp³-hybridized carbons (Fsp3) is 0.741. The van der Waals surface area contributed by atoms with Gasteiger partial charge in [-0.2, -0.15) is 0 Å². The number of rotatable bonds is 6. The normalized spacial score (nSPS) is 39.1. The Morgan fingerprint density at radius 2 is 1.91 bits per heavy atom. The zero-order valence-electron chi connectivity index (χ0n) is 20.7. The van der Waals surface area contributed by atoms with Gasteiger partial charge in [0.15, 0.2) is 11.5 Å². The summed E-state index contributed by atoms with van der Waals surface area (Å²) in [5.41, 5.74) is -0.331. The number of hydrogen-bond acceptors (Lipinski definition) is 7. The number of ether oxygens (including phenoxy) is 3. The summed E-state index contributed by atoms with van der Waals surface area (Å²) in [5.74, 6) is 1.09. The lowest BCUT2D eigenvalue weighted by Crippen LogP contribution is -2.83. The number of piperidine rings is 2. The van der Waals surface area contributed by atoms with Crippen LogP contribution in [0, 0.1) is 17.8 Å². The summed E-state index contributed by atoms with van der Waals surface area (Å²) < 4.78 is 16.7. The van der Waals surface area contributed by atoms with Gasteiger partial charge in [-0.15, -0.1) is 0 Å². The van der Waals surface area contributed by atoms with E-state index in [1.807, 2.05) is 18.2 Å². The number of carbonyl (C=O) groups excluding carboxylic acids is 1. The van der Waals surface area contributed by atoms with Crippen LogP contribution in [0.15, 0.2) is 18.2 Å². The Hall–Kier alpha value is -1.83. The van der Waals surface area contributed by atoms with Crippen molar-refractivity contribution in [3.63, 3.8) is 0 Å². The summed E-state index contributed by atoms with van der Waals surface area (Å²) in [5, 5.41) is 23.8. The van der Waals surface area contributed by atoms with E-state index in [2.05, 4.69) is 11.8 Å². The van der Waals surface area contributed by atoms with Crippen molar-refractivity contribution >= 4 is 5.97 Å². The Kier molecular flexibility index (Phi) is 6.32. The minimum absolute atomic E-state index is 0.0609. The molecule has 7 nitrogen and oxygen atoms in total. The fourth-order valence-corrected chi connectivity index (χ4v) is 8.01. The van der Waals surface area contributed by atoms with Gasteiger partial charge in [-0.25, -0.2) is 0 Å². The van der Waals surface area contributed by atoms with Gasteiger partial charge in [-0.05, 0) is 81.6 Å². The molecule has 1 spiro atoms. The van der Waals surface area contributed by atoms with E-state index in [0.29, 0.717) is 23.8 Å². The van der Waals surface area contributed by atoms with Gasteiger partial charge in [0.05, 0.1) is 31.5 Å². The first kappa shape index (κ1) is 23.9. The maximum absolute atomic E-state index is 13.0. The zero-order valence-corrected chi connectivity index (χ0v) is 20.7. The van der Waals surface area contributed by atoms with Crippen molar-refractivity contribution in [2.45, 2.75) is 81.6 Å². The summed E-state index contributed by atoms with van der Waals surface area (Å²) in [7, 11) is 3.19. The molecule has 4 fully saturated rings. The third-order valence-electron chi connectivity index (χ3n) is 9.26. The van der Waals surface area contributed by atoms with Crippen LogP contribution in [-0.2, 0) is 16.0 Å². The lowest BCUT2D eigenvalue weighted by Gasteiger charge is -2.72. The van der Waals surface area contributed by atoms with Gasteiger partial charge in [-0.1, -0.05) is 13.0 Å². The number of carbonyl (C=O) groups is 1. The van der Waals surface area contributed by atoms with Gasteiger partial charge in [0.2, 0.25) is 0 Å². The predicted molar refractivity (Wildman–Crippen MR) is 127 cm³/mol. The molecular weight excluding hydrogens is 434 g/mol. The summed E-state index contributed by atoms with van der Waals surface area (Å²) in [4.78, 5) is 15.5. The standard InChI is InChI=1S/C27H39NO6/c1-17-14-20-25(34-23(29)10-8-18-7-9-21(32-2)22(15-18)33-3)24(30)19-6-4-12-28-13-5-11-27(20,31)26(19,28)16-17/h7,9,15,17,19-20,24-25,30-31H,4-6,8,10-14,16H2,1-3H3/t17-,19+,20-,24+,25-,26-,27-/m0/s1. The van der Waals surface area contributed by atoms with Gasteiger partial charge in [0.1, 0.15) is 6.10 Å². The summed E-state index contributed by atoms with van der Waals surface area (Å²) in [6.07, 6.45) is 4.60. The molecule has 5 rings (SSSR count). The molecule has 34 heavy (non-hydrogen) atoms. The lowest BCUT2D eigenvalue weighted by molar-refractivity contribution is -0.308. The molecule has 2 saturated heterocycles. The first-order chi connectivity index (χ1) is 16.3. The van der Waals surface area contributed by atoms with E-state index in [9.17, 15) is 15.0 Å². The molecule has 2 N–H and O–H groups in total. The zero-order chi connectivity index (χ0) is 24.1. The first-order valence-electron chi connectivity index (χ1n) is 12.9. The van der Waals surface area contributed by atoms with Crippen molar-refractivity contribution in [1.29, 1.82) is 0 Å². The van der Waals surface area contributed by atoms with Crippen molar-refractivity contribution in [3.8, 4) is 11.5 Å². The van der Waals surface area contributed by atoms with Crippen LogP contribution < -0.4 is 9.47 Å². The molecule has 0 amide bonds. The topological polar surface area (TPSA) is 88.5 Å². The quantitative estimate of drug-likeness (QED) is 0.614. The minimum atomic E-state index is -0.906. The summed E-state index contributed by atoms with van der Waals surface area (Å²) in [6.45, 7) is 4.22. The van der Waals surface area contributed by atoms with Crippen molar-refractivity contribution in [2.24, 2.45) is 17.8 Å². The van der Waals surface area contributed by atoms with E-state index in [-0.39, 0.29) is 29.8 Å². The number of aliphatic hydroxyl groups excluding tert-OH is 1. The maximum atomic E-state index is 13.0. The molecule has 7 heteroatoms. The SMILES string of the molecule is COc1ccc(CCC(=O)O[C@@H]2[C@H](O)[C@H]3CCCN4CCC[C@]5(O)[C@H]2C[C@H](C)C[C@@]345)cc1OC. The smallest absolute Gasteiger partial charge is 0.306 e. The Morgan fingerprint density at radius 1 is 1.15 bits per heavy atom. The van der Waals surface area contributed by atoms with Crippen molar-refractivity contribution < 1.29 is 29.2 Å². The molecule has 7 atom stereocenters. The molecule has 1 aromatic carbocycles. The van der Waals surface area contributed by atoms with E-state index in [1.54, 1.807) is 14.2 Å². The van der Waals surface area contributed by atoms with Crippen LogP contribution in [0.2, 0.25) is 0 Å². The van der Waals surface area contributed by atoms with Crippen molar-refractivity contribution in [2.75, 3.05) is 27.3 Å². The first-order valence-corrected chi connectivity index (χ1v) is 12.9. The van der Waals surface area contributed by atoms with Crippen LogP contribution in [0.25, 0.3) is 0 Å². The molecule has 2 heterocycles. The van der Waals surface area contributed by atoms with Gasteiger partial charge in [-0.3, -0.25) is 9.69 Å². The molecular formula is C27H39NO6. The van der Waals surface area contributed by atoms with Gasteiger partial charge >= 0.3 is 5.97 Å². The van der Waals surface area contributed by atoms with Crippen LogP contribution in [0.3, 0.4) is 0 Å². The number of nitrogens with zero attached hydrogens (tertiary/aromatic N) is 1. The monoisotopic (exact) mass is 473 g/mol. The third kappa shape index (κ3) is 3.54. The Labute approximate surface area is 202 Å². The number of aliphatic hydroxyl groups is 2. The van der Waals surface area contributed by atoms with Crippen LogP contribution in [0.5, 0.6) is 11.5 Å². The molecule has 0 unspecified atom stereocenters. The van der Waals surface area contributed by atoms with Gasteiger partial charge in [0, 0.05) is 18.3 Å². The number of aryl methyl sites for hydroxylation is 1. The molecule has 4 aliphatic rings. The van der Waals surface area contributed by atoms with Crippen LogP contribution in [0.4, 0.5) is 0 Å². The van der Waals surface area contributed by atoms with E-state index < -0.39 is 17.8 Å². The average molecular weight is 474 g/mol. The molecule has 1 aromatic rings. The second kappa shape index (κ2) is 8.99. The highest BCUT2D eigenvalue weighted by Crippen LogP contribution is 2.62. The highest BCUT2D eigenvalue weighted by Gasteiger charge is 2.72. The number of hydrogen-bond donors (Lipinski definition) is 2. The van der Waals surface area contributed by atoms with Crippen LogP contribution >= 0.6 is 0 Å². The van der Waals surface area contributed by atoms with Crippen LogP contribution in [-0.4, -0.2) is 71.7 Å².